The van der Waals surface area contributed by atoms with Gasteiger partial charge in [0.1, 0.15) is 0 Å². The fourth-order valence-electron chi connectivity index (χ4n) is 2.85. The summed E-state index contributed by atoms with van der Waals surface area (Å²) < 4.78 is 0. The molecule has 5 heteroatoms. The second-order valence-electron chi connectivity index (χ2n) is 6.90. The Hall–Kier alpha value is -1.75. The van der Waals surface area contributed by atoms with Crippen molar-refractivity contribution in [1.29, 1.82) is 0 Å². The Bertz CT molecular complexity index is 537. The van der Waals surface area contributed by atoms with Crippen molar-refractivity contribution in [3.8, 4) is 0 Å². The van der Waals surface area contributed by atoms with E-state index in [1.54, 1.807) is 0 Å². The molecule has 1 aromatic carbocycles. The normalized spacial score (nSPS) is 14.8. The first kappa shape index (κ1) is 15.6. The fourth-order valence-corrected chi connectivity index (χ4v) is 2.85. The molecule has 1 aliphatic heterocycles. The van der Waals surface area contributed by atoms with Gasteiger partial charge in [-0.25, -0.2) is 0 Å². The molecule has 0 aromatic heterocycles. The van der Waals surface area contributed by atoms with Gasteiger partial charge in [0.25, 0.3) is 0 Å². The molecule has 0 spiro atoms. The Kier molecular flexibility index (Phi) is 4.42. The molecule has 0 bridgehead atoms. The second-order valence-corrected chi connectivity index (χ2v) is 6.90. The van der Waals surface area contributed by atoms with E-state index < -0.39 is 0 Å². The van der Waals surface area contributed by atoms with Crippen molar-refractivity contribution in [2.45, 2.75) is 26.7 Å². The summed E-state index contributed by atoms with van der Waals surface area (Å²) in [6.45, 7) is 6.25. The van der Waals surface area contributed by atoms with E-state index in [1.807, 2.05) is 12.1 Å². The van der Waals surface area contributed by atoms with Gasteiger partial charge in [0.2, 0.25) is 5.91 Å². The maximum Gasteiger partial charge on any atom is 0.224 e. The van der Waals surface area contributed by atoms with E-state index in [0.717, 1.165) is 42.1 Å². The third-order valence-electron chi connectivity index (χ3n) is 3.67. The largest absolute Gasteiger partial charge is 0.397 e. The van der Waals surface area contributed by atoms with Crippen molar-refractivity contribution in [1.82, 2.24) is 4.90 Å². The topological polar surface area (TPSA) is 70.4 Å². The van der Waals surface area contributed by atoms with Gasteiger partial charge in [0.15, 0.2) is 0 Å². The number of nitrogens with one attached hydrogen (secondary N) is 2. The van der Waals surface area contributed by atoms with Crippen LogP contribution in [0.2, 0.25) is 0 Å². The average Bonchev–Trinajstić information content (AvgIpc) is 2.35. The van der Waals surface area contributed by atoms with Crippen LogP contribution < -0.4 is 16.4 Å². The zero-order valence-corrected chi connectivity index (χ0v) is 13.4. The molecule has 21 heavy (non-hydrogen) atoms. The highest BCUT2D eigenvalue weighted by Gasteiger charge is 2.20. The Morgan fingerprint density at radius 3 is 2.71 bits per heavy atom. The number of carbonyl (C=O) groups excluding carboxylic acids is 1. The number of carbonyl (C=O) groups is 1. The van der Waals surface area contributed by atoms with Gasteiger partial charge in [-0.15, -0.1) is 0 Å². The number of rotatable bonds is 5. The zero-order chi connectivity index (χ0) is 15.6. The number of hydrogen-bond donors (Lipinski definition) is 3. The van der Waals surface area contributed by atoms with Crippen molar-refractivity contribution in [3.05, 3.63) is 17.7 Å². The van der Waals surface area contributed by atoms with Crippen LogP contribution in [0.15, 0.2) is 12.1 Å². The minimum absolute atomic E-state index is 0.0751. The number of nitrogen functional groups attached to an aromatic ring is 1. The van der Waals surface area contributed by atoms with E-state index in [2.05, 4.69) is 43.5 Å². The molecular formula is C16H26N4O. The van der Waals surface area contributed by atoms with Gasteiger partial charge in [-0.1, -0.05) is 13.8 Å². The van der Waals surface area contributed by atoms with Crippen LogP contribution in [0.1, 0.15) is 25.8 Å². The SMILES string of the molecule is CN(C)CC(C)(C)CNc1cc2c(cc1N)CCC(=O)N2. The molecule has 1 heterocycles. The predicted octanol–water partition coefficient (Wildman–Crippen LogP) is 2.15. The monoisotopic (exact) mass is 290 g/mol. The third-order valence-corrected chi connectivity index (χ3v) is 3.67. The van der Waals surface area contributed by atoms with Crippen molar-refractivity contribution >= 4 is 23.0 Å². The van der Waals surface area contributed by atoms with Crippen LogP contribution >= 0.6 is 0 Å². The standard InChI is InChI=1S/C16H26N4O/c1-16(2,10-20(3)4)9-18-14-8-13-11(7-12(14)17)5-6-15(21)19-13/h7-8,18H,5-6,9-10,17H2,1-4H3,(H,19,21). The number of amides is 1. The van der Waals surface area contributed by atoms with Crippen molar-refractivity contribution < 1.29 is 4.79 Å². The van der Waals surface area contributed by atoms with Gasteiger partial charge in [-0.05, 0) is 43.6 Å². The molecule has 5 nitrogen and oxygen atoms in total. The molecule has 0 atom stereocenters. The fraction of sp³-hybridized carbons (Fsp3) is 0.562. The summed E-state index contributed by atoms with van der Waals surface area (Å²) in [5, 5.41) is 6.33. The van der Waals surface area contributed by atoms with Crippen molar-refractivity contribution in [2.75, 3.05) is 43.6 Å². The Balaban J connectivity index is 2.10. The molecule has 0 aliphatic carbocycles. The van der Waals surface area contributed by atoms with Crippen LogP contribution in [0.4, 0.5) is 17.1 Å². The van der Waals surface area contributed by atoms with Crippen LogP contribution in [0, 0.1) is 5.41 Å². The molecule has 116 valence electrons. The molecule has 1 aliphatic rings. The molecule has 1 amide bonds. The van der Waals surface area contributed by atoms with Gasteiger partial charge in [0.05, 0.1) is 11.4 Å². The first-order valence-electron chi connectivity index (χ1n) is 7.38. The number of nitrogens with two attached hydrogens (primary N) is 1. The average molecular weight is 290 g/mol. The third kappa shape index (κ3) is 4.11. The Labute approximate surface area is 126 Å². The van der Waals surface area contributed by atoms with E-state index in [1.165, 1.54) is 0 Å². The lowest BCUT2D eigenvalue weighted by Crippen LogP contribution is -2.34. The first-order chi connectivity index (χ1) is 9.77. The summed E-state index contributed by atoms with van der Waals surface area (Å²) in [7, 11) is 4.15. The molecular weight excluding hydrogens is 264 g/mol. The summed E-state index contributed by atoms with van der Waals surface area (Å²) in [4.78, 5) is 13.7. The van der Waals surface area contributed by atoms with Crippen molar-refractivity contribution in [2.24, 2.45) is 5.41 Å². The van der Waals surface area contributed by atoms with E-state index in [-0.39, 0.29) is 11.3 Å². The van der Waals surface area contributed by atoms with Crippen LogP contribution in [0.3, 0.4) is 0 Å². The smallest absolute Gasteiger partial charge is 0.224 e. The maximum absolute atomic E-state index is 11.5. The summed E-state index contributed by atoms with van der Waals surface area (Å²) in [6.07, 6.45) is 1.30. The molecule has 0 fully saturated rings. The maximum atomic E-state index is 11.5. The number of benzene rings is 1. The highest BCUT2D eigenvalue weighted by Crippen LogP contribution is 2.31. The molecule has 1 aromatic rings. The number of aryl methyl sites for hydroxylation is 1. The molecule has 4 N–H and O–H groups in total. The van der Waals surface area contributed by atoms with E-state index in [9.17, 15) is 4.79 Å². The van der Waals surface area contributed by atoms with Crippen LogP contribution in [0.5, 0.6) is 0 Å². The summed E-state index contributed by atoms with van der Waals surface area (Å²) in [5.41, 5.74) is 9.89. The van der Waals surface area contributed by atoms with E-state index >= 15 is 0 Å². The predicted molar refractivity (Wildman–Crippen MR) is 88.6 cm³/mol. The van der Waals surface area contributed by atoms with Gasteiger partial charge < -0.3 is 21.3 Å². The summed E-state index contributed by atoms with van der Waals surface area (Å²) in [5.74, 6) is 0.0751. The number of anilines is 3. The lowest BCUT2D eigenvalue weighted by Gasteiger charge is -2.29. The highest BCUT2D eigenvalue weighted by atomic mass is 16.1. The lowest BCUT2D eigenvalue weighted by atomic mass is 9.92. The van der Waals surface area contributed by atoms with Gasteiger partial charge in [0, 0.05) is 25.2 Å². The van der Waals surface area contributed by atoms with Crippen LogP contribution in [-0.4, -0.2) is 38.0 Å². The Morgan fingerprint density at radius 2 is 2.05 bits per heavy atom. The number of fused-ring (bicyclic) bond motifs is 1. The molecule has 0 unspecified atom stereocenters. The molecule has 0 saturated heterocycles. The minimum atomic E-state index is 0.0751. The summed E-state index contributed by atoms with van der Waals surface area (Å²) >= 11 is 0. The van der Waals surface area contributed by atoms with E-state index in [4.69, 9.17) is 5.73 Å². The van der Waals surface area contributed by atoms with E-state index in [0.29, 0.717) is 6.42 Å². The van der Waals surface area contributed by atoms with Crippen molar-refractivity contribution in [3.63, 3.8) is 0 Å². The Morgan fingerprint density at radius 1 is 1.33 bits per heavy atom. The zero-order valence-electron chi connectivity index (χ0n) is 13.4. The van der Waals surface area contributed by atoms with Crippen LogP contribution in [0.25, 0.3) is 0 Å². The number of hydrogen-bond acceptors (Lipinski definition) is 4. The molecule has 0 saturated carbocycles. The quantitative estimate of drug-likeness (QED) is 0.727. The lowest BCUT2D eigenvalue weighted by molar-refractivity contribution is -0.116. The second kappa shape index (κ2) is 5.93. The molecule has 0 radical (unpaired) electrons. The first-order valence-corrected chi connectivity index (χ1v) is 7.38. The number of nitrogens with zero attached hydrogens (tertiary/aromatic N) is 1. The summed E-state index contributed by atoms with van der Waals surface area (Å²) in [6, 6.07) is 3.92. The van der Waals surface area contributed by atoms with Gasteiger partial charge in [-0.2, -0.15) is 0 Å². The highest BCUT2D eigenvalue weighted by molar-refractivity contribution is 5.95. The van der Waals surface area contributed by atoms with Gasteiger partial charge >= 0.3 is 0 Å². The van der Waals surface area contributed by atoms with Gasteiger partial charge in [-0.3, -0.25) is 4.79 Å². The minimum Gasteiger partial charge on any atom is -0.397 e. The molecule has 2 rings (SSSR count). The van der Waals surface area contributed by atoms with Crippen LogP contribution in [-0.2, 0) is 11.2 Å².